The average Bonchev–Trinajstić information content (AvgIpc) is 2.27. The zero-order valence-electron chi connectivity index (χ0n) is 11.1. The van der Waals surface area contributed by atoms with Gasteiger partial charge >= 0.3 is 0 Å². The molecule has 0 saturated heterocycles. The number of carbonyl (C=O) groups excluding carboxylic acids is 1. The number of phenols is 2. The van der Waals surface area contributed by atoms with Crippen molar-refractivity contribution in [2.75, 3.05) is 14.1 Å². The quantitative estimate of drug-likeness (QED) is 0.753. The topological polar surface area (TPSA) is 72.8 Å². The van der Waals surface area contributed by atoms with Crippen LogP contribution < -0.4 is 5.32 Å². The molecule has 1 amide bonds. The maximum Gasteiger partial charge on any atom is 0.238 e. The number of aromatic hydroxyl groups is 2. The maximum absolute atomic E-state index is 11.7. The molecule has 5 heteroatoms. The highest BCUT2D eigenvalue weighted by atomic mass is 16.3. The molecule has 0 heterocycles. The Kier molecular flexibility index (Phi) is 4.55. The van der Waals surface area contributed by atoms with Gasteiger partial charge in [-0.1, -0.05) is 6.07 Å². The van der Waals surface area contributed by atoms with Gasteiger partial charge in [-0.25, -0.2) is 0 Å². The highest BCUT2D eigenvalue weighted by Crippen LogP contribution is 2.32. The summed E-state index contributed by atoms with van der Waals surface area (Å²) in [4.78, 5) is 13.2. The van der Waals surface area contributed by atoms with Crippen LogP contribution in [-0.4, -0.2) is 41.2 Å². The zero-order valence-corrected chi connectivity index (χ0v) is 11.1. The van der Waals surface area contributed by atoms with Crippen molar-refractivity contribution in [2.24, 2.45) is 0 Å². The van der Waals surface area contributed by atoms with Crippen LogP contribution in [0.4, 0.5) is 0 Å². The molecule has 0 spiro atoms. The van der Waals surface area contributed by atoms with E-state index in [-0.39, 0.29) is 23.4 Å². The maximum atomic E-state index is 11.7. The normalized spacial score (nSPS) is 14.0. The van der Waals surface area contributed by atoms with E-state index in [1.54, 1.807) is 34.0 Å². The van der Waals surface area contributed by atoms with Crippen molar-refractivity contribution >= 4 is 5.91 Å². The number of hydrogen-bond donors (Lipinski definition) is 3. The van der Waals surface area contributed by atoms with Gasteiger partial charge in [0.05, 0.1) is 11.6 Å². The number of nitrogens with zero attached hydrogens (tertiary/aromatic N) is 1. The molecule has 0 radical (unpaired) electrons. The van der Waals surface area contributed by atoms with Gasteiger partial charge in [0.2, 0.25) is 5.91 Å². The molecule has 18 heavy (non-hydrogen) atoms. The van der Waals surface area contributed by atoms with E-state index in [9.17, 15) is 15.0 Å². The van der Waals surface area contributed by atoms with Crippen LogP contribution in [0.15, 0.2) is 18.2 Å². The molecule has 0 fully saturated rings. The second-order valence-electron chi connectivity index (χ2n) is 4.55. The molecule has 0 aliphatic heterocycles. The van der Waals surface area contributed by atoms with Gasteiger partial charge in [0.25, 0.3) is 0 Å². The monoisotopic (exact) mass is 252 g/mol. The third-order valence-electron chi connectivity index (χ3n) is 2.80. The lowest BCUT2D eigenvalue weighted by Crippen LogP contribution is -2.42. The van der Waals surface area contributed by atoms with E-state index >= 15 is 0 Å². The third kappa shape index (κ3) is 3.13. The number of rotatable bonds is 4. The standard InChI is InChI=1S/C13H20N2O3/c1-8(14-9(2)13(18)15(3)4)12-10(16)6-5-7-11(12)17/h5-9,14,16-17H,1-4H3. The Labute approximate surface area is 107 Å². The summed E-state index contributed by atoms with van der Waals surface area (Å²) in [6, 6.07) is 3.85. The largest absolute Gasteiger partial charge is 0.507 e. The van der Waals surface area contributed by atoms with E-state index in [2.05, 4.69) is 5.32 Å². The van der Waals surface area contributed by atoms with Gasteiger partial charge in [-0.3, -0.25) is 10.1 Å². The van der Waals surface area contributed by atoms with Gasteiger partial charge in [-0.05, 0) is 26.0 Å². The molecule has 5 nitrogen and oxygen atoms in total. The lowest BCUT2D eigenvalue weighted by molar-refractivity contribution is -0.130. The number of nitrogens with one attached hydrogen (secondary N) is 1. The molecule has 0 aliphatic carbocycles. The van der Waals surface area contributed by atoms with Crippen LogP contribution in [0, 0.1) is 0 Å². The molecule has 1 aromatic rings. The predicted molar refractivity (Wildman–Crippen MR) is 69.5 cm³/mol. The van der Waals surface area contributed by atoms with Crippen molar-refractivity contribution in [3.8, 4) is 11.5 Å². The summed E-state index contributed by atoms with van der Waals surface area (Å²) in [5.41, 5.74) is 0.399. The van der Waals surface area contributed by atoms with Crippen LogP contribution >= 0.6 is 0 Å². The molecule has 0 aromatic heterocycles. The van der Waals surface area contributed by atoms with Crippen molar-refractivity contribution < 1.29 is 15.0 Å². The number of benzene rings is 1. The van der Waals surface area contributed by atoms with Gasteiger partial charge in [0.1, 0.15) is 11.5 Å². The first-order valence-corrected chi connectivity index (χ1v) is 5.82. The Balaban J connectivity index is 2.83. The molecule has 0 aliphatic rings. The van der Waals surface area contributed by atoms with Gasteiger partial charge in [-0.2, -0.15) is 0 Å². The van der Waals surface area contributed by atoms with Gasteiger partial charge in [-0.15, -0.1) is 0 Å². The minimum atomic E-state index is -0.394. The highest BCUT2D eigenvalue weighted by Gasteiger charge is 2.21. The Morgan fingerprint density at radius 1 is 1.22 bits per heavy atom. The van der Waals surface area contributed by atoms with E-state index in [4.69, 9.17) is 0 Å². The number of phenolic OH excluding ortho intramolecular Hbond substituents is 2. The molecule has 100 valence electrons. The summed E-state index contributed by atoms with van der Waals surface area (Å²) in [5, 5.41) is 22.5. The molecule has 3 N–H and O–H groups in total. The average molecular weight is 252 g/mol. The summed E-state index contributed by atoms with van der Waals surface area (Å²) in [7, 11) is 3.37. The molecular weight excluding hydrogens is 232 g/mol. The fourth-order valence-electron chi connectivity index (χ4n) is 1.90. The van der Waals surface area contributed by atoms with Crippen molar-refractivity contribution in [1.29, 1.82) is 0 Å². The minimum absolute atomic E-state index is 0.0134. The predicted octanol–water partition coefficient (Wildman–Crippen LogP) is 1.23. The second-order valence-corrected chi connectivity index (χ2v) is 4.55. The lowest BCUT2D eigenvalue weighted by atomic mass is 10.0. The Bertz CT molecular complexity index is 412. The number of likely N-dealkylation sites (N-methyl/N-ethyl adjacent to an activating group) is 1. The molecule has 2 atom stereocenters. The Morgan fingerprint density at radius 2 is 1.72 bits per heavy atom. The molecule has 0 saturated carbocycles. The number of carbonyl (C=O) groups is 1. The van der Waals surface area contributed by atoms with Crippen LogP contribution in [0.2, 0.25) is 0 Å². The first-order chi connectivity index (χ1) is 8.34. The summed E-state index contributed by atoms with van der Waals surface area (Å²) in [5.74, 6) is -0.0317. The Morgan fingerprint density at radius 3 is 2.17 bits per heavy atom. The zero-order chi connectivity index (χ0) is 13.9. The van der Waals surface area contributed by atoms with Crippen molar-refractivity contribution in [1.82, 2.24) is 10.2 Å². The SMILES string of the molecule is CC(NC(C)c1c(O)cccc1O)C(=O)N(C)C. The second kappa shape index (κ2) is 5.73. The summed E-state index contributed by atoms with van der Waals surface area (Å²) >= 11 is 0. The minimum Gasteiger partial charge on any atom is -0.507 e. The highest BCUT2D eigenvalue weighted by molar-refractivity contribution is 5.81. The van der Waals surface area contributed by atoms with Crippen LogP contribution in [0.5, 0.6) is 11.5 Å². The van der Waals surface area contributed by atoms with Crippen LogP contribution in [0.3, 0.4) is 0 Å². The molecular formula is C13H20N2O3. The van der Waals surface area contributed by atoms with Crippen molar-refractivity contribution in [2.45, 2.75) is 25.9 Å². The summed E-state index contributed by atoms with van der Waals surface area (Å²) < 4.78 is 0. The molecule has 2 unspecified atom stereocenters. The van der Waals surface area contributed by atoms with Crippen LogP contribution in [0.25, 0.3) is 0 Å². The van der Waals surface area contributed by atoms with Crippen LogP contribution in [0.1, 0.15) is 25.5 Å². The van der Waals surface area contributed by atoms with E-state index in [1.165, 1.54) is 17.0 Å². The fraction of sp³-hybridized carbons (Fsp3) is 0.462. The molecule has 1 aromatic carbocycles. The number of amides is 1. The van der Waals surface area contributed by atoms with Crippen molar-refractivity contribution in [3.63, 3.8) is 0 Å². The summed E-state index contributed by atoms with van der Waals surface area (Å²) in [6.45, 7) is 3.53. The van der Waals surface area contributed by atoms with Gasteiger partial charge < -0.3 is 15.1 Å². The molecule has 1 rings (SSSR count). The van der Waals surface area contributed by atoms with Gasteiger partial charge in [0.15, 0.2) is 0 Å². The van der Waals surface area contributed by atoms with E-state index in [0.29, 0.717) is 5.56 Å². The first-order valence-electron chi connectivity index (χ1n) is 5.82. The van der Waals surface area contributed by atoms with E-state index < -0.39 is 6.04 Å². The molecule has 0 bridgehead atoms. The van der Waals surface area contributed by atoms with E-state index in [1.807, 2.05) is 0 Å². The van der Waals surface area contributed by atoms with Crippen LogP contribution in [-0.2, 0) is 4.79 Å². The Hall–Kier alpha value is -1.75. The fourth-order valence-corrected chi connectivity index (χ4v) is 1.90. The first kappa shape index (κ1) is 14.3. The smallest absolute Gasteiger partial charge is 0.238 e. The lowest BCUT2D eigenvalue weighted by Gasteiger charge is -2.23. The third-order valence-corrected chi connectivity index (χ3v) is 2.80. The summed E-state index contributed by atoms with van der Waals surface area (Å²) in [6.07, 6.45) is 0. The number of hydrogen-bond acceptors (Lipinski definition) is 4. The van der Waals surface area contributed by atoms with E-state index in [0.717, 1.165) is 0 Å². The van der Waals surface area contributed by atoms with Gasteiger partial charge in [0, 0.05) is 20.1 Å². The van der Waals surface area contributed by atoms with Crippen molar-refractivity contribution in [3.05, 3.63) is 23.8 Å².